The fourth-order valence-corrected chi connectivity index (χ4v) is 1.07. The van der Waals surface area contributed by atoms with Crippen molar-refractivity contribution >= 4 is 5.78 Å². The van der Waals surface area contributed by atoms with Crippen LogP contribution < -0.4 is 0 Å². The summed E-state index contributed by atoms with van der Waals surface area (Å²) < 4.78 is 12.5. The van der Waals surface area contributed by atoms with E-state index in [0.717, 1.165) is 6.42 Å². The summed E-state index contributed by atoms with van der Waals surface area (Å²) in [5.74, 6) is -0.299. The molecule has 1 rings (SSSR count). The molecular formula is C7H9FO. The Labute approximate surface area is 53.6 Å². The molecule has 0 heterocycles. The SMILES string of the molecule is CC(=O)C1=C(F)CCC1. The van der Waals surface area contributed by atoms with Crippen molar-refractivity contribution < 1.29 is 9.18 Å². The lowest BCUT2D eigenvalue weighted by Crippen LogP contribution is -1.93. The standard InChI is InChI=1S/C7H9FO/c1-5(9)6-3-2-4-7(6)8/h2-4H2,1H3. The molecular weight excluding hydrogens is 119 g/mol. The molecule has 1 aliphatic rings. The summed E-state index contributed by atoms with van der Waals surface area (Å²) in [6.07, 6.45) is 1.91. The number of hydrogen-bond donors (Lipinski definition) is 0. The van der Waals surface area contributed by atoms with Crippen molar-refractivity contribution in [3.05, 3.63) is 11.4 Å². The van der Waals surface area contributed by atoms with Crippen molar-refractivity contribution in [1.82, 2.24) is 0 Å². The molecule has 0 aromatic carbocycles. The van der Waals surface area contributed by atoms with Gasteiger partial charge in [-0.1, -0.05) is 0 Å². The lowest BCUT2D eigenvalue weighted by Gasteiger charge is -1.90. The summed E-state index contributed by atoms with van der Waals surface area (Å²) in [5.41, 5.74) is 0.412. The Kier molecular flexibility index (Phi) is 1.65. The van der Waals surface area contributed by atoms with Crippen molar-refractivity contribution in [2.45, 2.75) is 26.2 Å². The van der Waals surface area contributed by atoms with Crippen molar-refractivity contribution in [3.8, 4) is 0 Å². The van der Waals surface area contributed by atoms with Gasteiger partial charge in [0, 0.05) is 5.57 Å². The molecule has 0 saturated carbocycles. The molecule has 9 heavy (non-hydrogen) atoms. The van der Waals surface area contributed by atoms with Crippen LogP contribution in [0, 0.1) is 0 Å². The summed E-state index contributed by atoms with van der Waals surface area (Å²) >= 11 is 0. The predicted molar refractivity (Wildman–Crippen MR) is 32.7 cm³/mol. The molecule has 0 amide bonds. The van der Waals surface area contributed by atoms with Gasteiger partial charge >= 0.3 is 0 Å². The number of allylic oxidation sites excluding steroid dienone is 2. The zero-order valence-electron chi connectivity index (χ0n) is 5.41. The molecule has 50 valence electrons. The Morgan fingerprint density at radius 1 is 1.56 bits per heavy atom. The monoisotopic (exact) mass is 128 g/mol. The fourth-order valence-electron chi connectivity index (χ4n) is 1.07. The minimum Gasteiger partial charge on any atom is -0.295 e. The second kappa shape index (κ2) is 2.29. The van der Waals surface area contributed by atoms with Crippen LogP contribution >= 0.6 is 0 Å². The van der Waals surface area contributed by atoms with Crippen LogP contribution in [0.25, 0.3) is 0 Å². The van der Waals surface area contributed by atoms with Gasteiger partial charge in [0.15, 0.2) is 5.78 Å². The third-order valence-corrected chi connectivity index (χ3v) is 1.58. The van der Waals surface area contributed by atoms with Crippen molar-refractivity contribution in [1.29, 1.82) is 0 Å². The molecule has 0 spiro atoms. The number of Topliss-reactive ketones (excluding diaryl/α,β-unsaturated/α-hetero) is 1. The van der Waals surface area contributed by atoms with Crippen LogP contribution in [-0.4, -0.2) is 5.78 Å². The number of rotatable bonds is 1. The molecule has 0 bridgehead atoms. The second-order valence-corrected chi connectivity index (χ2v) is 2.29. The van der Waals surface area contributed by atoms with E-state index in [-0.39, 0.29) is 11.6 Å². The first kappa shape index (κ1) is 6.46. The van der Waals surface area contributed by atoms with Crippen LogP contribution in [0.15, 0.2) is 11.4 Å². The molecule has 0 aliphatic heterocycles. The first-order chi connectivity index (χ1) is 4.22. The highest BCUT2D eigenvalue weighted by Crippen LogP contribution is 2.26. The van der Waals surface area contributed by atoms with Gasteiger partial charge in [-0.05, 0) is 26.2 Å². The third-order valence-electron chi connectivity index (χ3n) is 1.58. The molecule has 0 unspecified atom stereocenters. The van der Waals surface area contributed by atoms with E-state index in [1.807, 2.05) is 0 Å². The molecule has 0 aromatic rings. The molecule has 0 saturated heterocycles. The van der Waals surface area contributed by atoms with Crippen LogP contribution in [0.5, 0.6) is 0 Å². The molecule has 1 aliphatic carbocycles. The number of carbonyl (C=O) groups is 1. The highest BCUT2D eigenvalue weighted by atomic mass is 19.1. The van der Waals surface area contributed by atoms with Gasteiger partial charge in [0.2, 0.25) is 0 Å². The number of halogens is 1. The van der Waals surface area contributed by atoms with Gasteiger partial charge in [0.05, 0.1) is 0 Å². The topological polar surface area (TPSA) is 17.1 Å². The van der Waals surface area contributed by atoms with Gasteiger partial charge in [-0.15, -0.1) is 0 Å². The average Bonchev–Trinajstić information content (AvgIpc) is 2.13. The Hall–Kier alpha value is -0.660. The smallest absolute Gasteiger partial charge is 0.158 e. The average molecular weight is 128 g/mol. The second-order valence-electron chi connectivity index (χ2n) is 2.29. The van der Waals surface area contributed by atoms with Crippen LogP contribution in [0.3, 0.4) is 0 Å². The first-order valence-electron chi connectivity index (χ1n) is 3.10. The van der Waals surface area contributed by atoms with E-state index in [2.05, 4.69) is 0 Å². The molecule has 0 atom stereocenters. The quantitative estimate of drug-likeness (QED) is 0.527. The molecule has 2 heteroatoms. The Morgan fingerprint density at radius 2 is 2.22 bits per heavy atom. The van der Waals surface area contributed by atoms with Crippen LogP contribution in [0.2, 0.25) is 0 Å². The Bertz CT molecular complexity index is 170. The van der Waals surface area contributed by atoms with E-state index in [1.54, 1.807) is 0 Å². The molecule has 0 N–H and O–H groups in total. The summed E-state index contributed by atoms with van der Waals surface area (Å²) in [7, 11) is 0. The molecule has 0 fully saturated rings. The lowest BCUT2D eigenvalue weighted by molar-refractivity contribution is -0.113. The first-order valence-corrected chi connectivity index (χ1v) is 3.10. The van der Waals surface area contributed by atoms with E-state index in [1.165, 1.54) is 6.92 Å². The molecule has 0 radical (unpaired) electrons. The maximum absolute atomic E-state index is 12.5. The van der Waals surface area contributed by atoms with E-state index in [4.69, 9.17) is 0 Å². The minimum absolute atomic E-state index is 0.106. The van der Waals surface area contributed by atoms with Gasteiger partial charge in [0.1, 0.15) is 5.83 Å². The fraction of sp³-hybridized carbons (Fsp3) is 0.571. The summed E-state index contributed by atoms with van der Waals surface area (Å²) in [6, 6.07) is 0. The number of ketones is 1. The highest BCUT2D eigenvalue weighted by molar-refractivity contribution is 5.94. The summed E-state index contributed by atoms with van der Waals surface area (Å²) in [6.45, 7) is 1.42. The minimum atomic E-state index is -0.192. The van der Waals surface area contributed by atoms with Gasteiger partial charge in [-0.25, -0.2) is 4.39 Å². The predicted octanol–water partition coefficient (Wildman–Crippen LogP) is 1.98. The van der Waals surface area contributed by atoms with Gasteiger partial charge in [-0.3, -0.25) is 4.79 Å². The normalized spacial score (nSPS) is 18.9. The van der Waals surface area contributed by atoms with Crippen molar-refractivity contribution in [2.75, 3.05) is 0 Å². The van der Waals surface area contributed by atoms with E-state index >= 15 is 0 Å². The Balaban J connectivity index is 2.78. The number of carbonyl (C=O) groups excluding carboxylic acids is 1. The third kappa shape index (κ3) is 1.18. The van der Waals surface area contributed by atoms with Crippen molar-refractivity contribution in [3.63, 3.8) is 0 Å². The van der Waals surface area contributed by atoms with Gasteiger partial charge < -0.3 is 0 Å². The summed E-state index contributed by atoms with van der Waals surface area (Å²) in [4.78, 5) is 10.6. The molecule has 1 nitrogen and oxygen atoms in total. The van der Waals surface area contributed by atoms with Crippen molar-refractivity contribution in [2.24, 2.45) is 0 Å². The lowest BCUT2D eigenvalue weighted by atomic mass is 10.2. The van der Waals surface area contributed by atoms with Gasteiger partial charge in [-0.2, -0.15) is 0 Å². The zero-order chi connectivity index (χ0) is 6.85. The number of hydrogen-bond acceptors (Lipinski definition) is 1. The Morgan fingerprint density at radius 3 is 2.44 bits per heavy atom. The van der Waals surface area contributed by atoms with E-state index in [9.17, 15) is 9.18 Å². The van der Waals surface area contributed by atoms with Gasteiger partial charge in [0.25, 0.3) is 0 Å². The largest absolute Gasteiger partial charge is 0.295 e. The van der Waals surface area contributed by atoms with Crippen LogP contribution in [0.1, 0.15) is 26.2 Å². The highest BCUT2D eigenvalue weighted by Gasteiger charge is 2.16. The maximum Gasteiger partial charge on any atom is 0.158 e. The maximum atomic E-state index is 12.5. The zero-order valence-corrected chi connectivity index (χ0v) is 5.41. The molecule has 0 aromatic heterocycles. The van der Waals surface area contributed by atoms with Crippen LogP contribution in [-0.2, 0) is 4.79 Å². The summed E-state index contributed by atoms with van der Waals surface area (Å²) in [5, 5.41) is 0. The van der Waals surface area contributed by atoms with E-state index in [0.29, 0.717) is 18.4 Å². The van der Waals surface area contributed by atoms with E-state index < -0.39 is 0 Å². The van der Waals surface area contributed by atoms with Crippen LogP contribution in [0.4, 0.5) is 4.39 Å².